The Morgan fingerprint density at radius 2 is 2.00 bits per heavy atom. The molecule has 0 unspecified atom stereocenters. The molecular formula is C11H19N. The van der Waals surface area contributed by atoms with E-state index in [1.54, 1.807) is 5.57 Å². The summed E-state index contributed by atoms with van der Waals surface area (Å²) in [5.74, 6) is 1.57. The summed E-state index contributed by atoms with van der Waals surface area (Å²) in [5.41, 5.74) is 2.75. The van der Waals surface area contributed by atoms with E-state index in [1.165, 1.54) is 12.8 Å². The van der Waals surface area contributed by atoms with Crippen molar-refractivity contribution in [3.05, 3.63) is 11.6 Å². The van der Waals surface area contributed by atoms with E-state index in [4.69, 9.17) is 0 Å². The van der Waals surface area contributed by atoms with Crippen LogP contribution in [0.3, 0.4) is 0 Å². The Labute approximate surface area is 75.6 Å². The minimum atomic E-state index is 0.689. The van der Waals surface area contributed by atoms with Gasteiger partial charge < -0.3 is 0 Å². The molecule has 0 bridgehead atoms. The second-order valence-corrected chi connectivity index (χ2v) is 3.94. The molecule has 0 aromatic heterocycles. The number of allylic oxidation sites excluding steroid dienone is 2. The molecule has 0 radical (unpaired) electrons. The largest absolute Gasteiger partial charge is 0.293 e. The number of aliphatic imine (C=N–C) groups is 1. The predicted octanol–water partition coefficient (Wildman–Crippen LogP) is 3.07. The number of hydrogen-bond donors (Lipinski definition) is 0. The predicted molar refractivity (Wildman–Crippen MR) is 54.7 cm³/mol. The van der Waals surface area contributed by atoms with Gasteiger partial charge in [-0.1, -0.05) is 19.4 Å². The monoisotopic (exact) mass is 165 g/mol. The first kappa shape index (κ1) is 9.50. The van der Waals surface area contributed by atoms with Crippen molar-refractivity contribution in [1.82, 2.24) is 0 Å². The molecule has 0 aromatic carbocycles. The molecule has 1 rings (SSSR count). The van der Waals surface area contributed by atoms with Crippen molar-refractivity contribution >= 4 is 5.71 Å². The van der Waals surface area contributed by atoms with Crippen molar-refractivity contribution in [2.45, 2.75) is 33.6 Å². The second-order valence-electron chi connectivity index (χ2n) is 3.94. The van der Waals surface area contributed by atoms with Gasteiger partial charge in [0.1, 0.15) is 0 Å². The zero-order chi connectivity index (χ0) is 9.14. The van der Waals surface area contributed by atoms with E-state index in [2.05, 4.69) is 31.8 Å². The van der Waals surface area contributed by atoms with Crippen molar-refractivity contribution in [3.8, 4) is 0 Å². The Morgan fingerprint density at radius 3 is 2.33 bits per heavy atom. The topological polar surface area (TPSA) is 12.4 Å². The summed E-state index contributed by atoms with van der Waals surface area (Å²) in [7, 11) is 1.86. The Bertz CT molecular complexity index is 203. The lowest BCUT2D eigenvalue weighted by molar-refractivity contribution is 0.706. The maximum atomic E-state index is 4.16. The molecule has 0 amide bonds. The van der Waals surface area contributed by atoms with Gasteiger partial charge in [-0.15, -0.1) is 0 Å². The van der Waals surface area contributed by atoms with Crippen molar-refractivity contribution in [1.29, 1.82) is 0 Å². The summed E-state index contributed by atoms with van der Waals surface area (Å²) in [4.78, 5) is 4.16. The van der Waals surface area contributed by atoms with Gasteiger partial charge in [-0.2, -0.15) is 0 Å². The fourth-order valence-corrected chi connectivity index (χ4v) is 1.48. The van der Waals surface area contributed by atoms with Crippen molar-refractivity contribution in [2.24, 2.45) is 16.8 Å². The standard InChI is InChI=1S/C11H19N/c1-8(2)11(10-5-6-10)7-9(3)12-4/h7-8,10H,5-6H2,1-4H3/b11-7-,12-9-. The van der Waals surface area contributed by atoms with Crippen LogP contribution in [-0.4, -0.2) is 12.8 Å². The van der Waals surface area contributed by atoms with Crippen LogP contribution in [0.2, 0.25) is 0 Å². The highest BCUT2D eigenvalue weighted by Crippen LogP contribution is 2.39. The smallest absolute Gasteiger partial charge is 0.0313 e. The molecule has 0 heterocycles. The first-order valence-corrected chi connectivity index (χ1v) is 4.80. The second kappa shape index (κ2) is 3.88. The minimum absolute atomic E-state index is 0.689. The Morgan fingerprint density at radius 1 is 1.42 bits per heavy atom. The van der Waals surface area contributed by atoms with Crippen LogP contribution in [0.1, 0.15) is 33.6 Å². The van der Waals surface area contributed by atoms with Crippen LogP contribution < -0.4 is 0 Å². The summed E-state index contributed by atoms with van der Waals surface area (Å²) < 4.78 is 0. The Hall–Kier alpha value is -0.590. The molecule has 1 heteroatoms. The van der Waals surface area contributed by atoms with Gasteiger partial charge in [-0.25, -0.2) is 0 Å². The van der Waals surface area contributed by atoms with Crippen molar-refractivity contribution in [2.75, 3.05) is 7.05 Å². The molecule has 0 saturated heterocycles. The van der Waals surface area contributed by atoms with E-state index in [0.717, 1.165) is 11.6 Å². The van der Waals surface area contributed by atoms with Gasteiger partial charge >= 0.3 is 0 Å². The molecule has 1 saturated carbocycles. The lowest BCUT2D eigenvalue weighted by atomic mass is 9.97. The molecule has 12 heavy (non-hydrogen) atoms. The highest BCUT2D eigenvalue weighted by Gasteiger charge is 2.27. The normalized spacial score (nSPS) is 20.4. The molecule has 0 atom stereocenters. The highest BCUT2D eigenvalue weighted by atomic mass is 14.7. The molecule has 68 valence electrons. The Balaban J connectivity index is 2.70. The lowest BCUT2D eigenvalue weighted by Gasteiger charge is -2.09. The van der Waals surface area contributed by atoms with E-state index in [9.17, 15) is 0 Å². The molecular weight excluding hydrogens is 146 g/mol. The van der Waals surface area contributed by atoms with Gasteiger partial charge in [0.2, 0.25) is 0 Å². The molecule has 0 N–H and O–H groups in total. The van der Waals surface area contributed by atoms with Crippen molar-refractivity contribution < 1.29 is 0 Å². The summed E-state index contributed by atoms with van der Waals surface area (Å²) in [6, 6.07) is 0. The lowest BCUT2D eigenvalue weighted by Crippen LogP contribution is -1.99. The quantitative estimate of drug-likeness (QED) is 0.570. The van der Waals surface area contributed by atoms with E-state index < -0.39 is 0 Å². The summed E-state index contributed by atoms with van der Waals surface area (Å²) in [5, 5.41) is 0. The van der Waals surface area contributed by atoms with Crippen LogP contribution in [0.25, 0.3) is 0 Å². The van der Waals surface area contributed by atoms with Crippen LogP contribution >= 0.6 is 0 Å². The van der Waals surface area contributed by atoms with Gasteiger partial charge in [-0.05, 0) is 37.7 Å². The maximum Gasteiger partial charge on any atom is 0.0313 e. The average molecular weight is 165 g/mol. The van der Waals surface area contributed by atoms with Crippen LogP contribution in [0.4, 0.5) is 0 Å². The zero-order valence-electron chi connectivity index (χ0n) is 8.59. The summed E-state index contributed by atoms with van der Waals surface area (Å²) in [6.07, 6.45) is 5.05. The molecule has 0 spiro atoms. The highest BCUT2D eigenvalue weighted by molar-refractivity contribution is 5.93. The van der Waals surface area contributed by atoms with E-state index in [1.807, 2.05) is 7.05 Å². The molecule has 1 nitrogen and oxygen atoms in total. The van der Waals surface area contributed by atoms with Crippen LogP contribution in [0, 0.1) is 11.8 Å². The Kier molecular flexibility index (Phi) is 3.07. The summed E-state index contributed by atoms with van der Waals surface area (Å²) in [6.45, 7) is 6.62. The number of rotatable bonds is 3. The van der Waals surface area contributed by atoms with Crippen LogP contribution in [0.15, 0.2) is 16.6 Å². The first-order chi connectivity index (χ1) is 5.65. The minimum Gasteiger partial charge on any atom is -0.293 e. The van der Waals surface area contributed by atoms with E-state index >= 15 is 0 Å². The van der Waals surface area contributed by atoms with Gasteiger partial charge in [0.05, 0.1) is 0 Å². The number of hydrogen-bond acceptors (Lipinski definition) is 1. The third-order valence-corrected chi connectivity index (χ3v) is 2.44. The molecule has 1 aliphatic rings. The third kappa shape index (κ3) is 2.47. The van der Waals surface area contributed by atoms with Gasteiger partial charge in [0, 0.05) is 12.8 Å². The van der Waals surface area contributed by atoms with Crippen LogP contribution in [-0.2, 0) is 0 Å². The van der Waals surface area contributed by atoms with Gasteiger partial charge in [0.25, 0.3) is 0 Å². The van der Waals surface area contributed by atoms with Crippen LogP contribution in [0.5, 0.6) is 0 Å². The molecule has 1 fully saturated rings. The molecule has 0 aromatic rings. The molecule has 0 aliphatic heterocycles. The third-order valence-electron chi connectivity index (χ3n) is 2.44. The fraction of sp³-hybridized carbons (Fsp3) is 0.727. The maximum absolute atomic E-state index is 4.16. The van der Waals surface area contributed by atoms with Gasteiger partial charge in [0.15, 0.2) is 0 Å². The van der Waals surface area contributed by atoms with E-state index in [-0.39, 0.29) is 0 Å². The molecule has 1 aliphatic carbocycles. The van der Waals surface area contributed by atoms with Crippen molar-refractivity contribution in [3.63, 3.8) is 0 Å². The number of nitrogens with zero attached hydrogens (tertiary/aromatic N) is 1. The fourth-order valence-electron chi connectivity index (χ4n) is 1.48. The van der Waals surface area contributed by atoms with Gasteiger partial charge in [-0.3, -0.25) is 4.99 Å². The average Bonchev–Trinajstić information content (AvgIpc) is 2.81. The van der Waals surface area contributed by atoms with E-state index in [0.29, 0.717) is 5.92 Å². The SMILES string of the molecule is C/N=C(C)\C=C(\C(C)C)C1CC1. The zero-order valence-corrected chi connectivity index (χ0v) is 8.59. The summed E-state index contributed by atoms with van der Waals surface area (Å²) >= 11 is 0. The first-order valence-electron chi connectivity index (χ1n) is 4.80.